The molecule has 136 valence electrons. The Kier molecular flexibility index (Phi) is 6.12. The van der Waals surface area contributed by atoms with Gasteiger partial charge in [0.25, 0.3) is 0 Å². The predicted molar refractivity (Wildman–Crippen MR) is 115 cm³/mol. The smallest absolute Gasteiger partial charge is 0.229 e. The molecule has 0 spiro atoms. The van der Waals surface area contributed by atoms with Crippen LogP contribution in [0, 0.1) is 0 Å². The molecule has 0 aliphatic rings. The zero-order valence-electron chi connectivity index (χ0n) is 14.4. The van der Waals surface area contributed by atoms with Gasteiger partial charge in [-0.25, -0.2) is 4.98 Å². The van der Waals surface area contributed by atoms with Crippen molar-refractivity contribution in [3.8, 4) is 0 Å². The molecule has 0 saturated heterocycles. The predicted octanol–water partition coefficient (Wildman–Crippen LogP) is 6.06. The third-order valence-electron chi connectivity index (χ3n) is 4.03. The highest BCUT2D eigenvalue weighted by atomic mass is 35.5. The van der Waals surface area contributed by atoms with Gasteiger partial charge in [0.1, 0.15) is 5.82 Å². The lowest BCUT2D eigenvalue weighted by atomic mass is 10.2. The van der Waals surface area contributed by atoms with Crippen molar-refractivity contribution >= 4 is 52.4 Å². The van der Waals surface area contributed by atoms with E-state index < -0.39 is 0 Å². The summed E-state index contributed by atoms with van der Waals surface area (Å²) in [5.41, 5.74) is 2.84. The Balaban J connectivity index is 0.00000210. The first-order chi connectivity index (χ1) is 12.8. The lowest BCUT2D eigenvalue weighted by Gasteiger charge is -2.12. The molecule has 1 heterocycles. The standard InChI is InChI=1S/C21H17ClN4.ClH/c22-17-11-5-7-13-19(17)25-21-24-18-12-6-4-10-16(18)20(26-21)23-14-15-8-2-1-3-9-15;/h1-13H,14H2,(H2,23,24,25,26);1H. The minimum absolute atomic E-state index is 0. The van der Waals surface area contributed by atoms with Crippen molar-refractivity contribution < 1.29 is 0 Å². The van der Waals surface area contributed by atoms with Crippen LogP contribution in [-0.2, 0) is 6.54 Å². The molecule has 3 aromatic carbocycles. The molecule has 2 N–H and O–H groups in total. The number of hydrogen-bond donors (Lipinski definition) is 2. The van der Waals surface area contributed by atoms with Gasteiger partial charge < -0.3 is 10.6 Å². The summed E-state index contributed by atoms with van der Waals surface area (Å²) >= 11 is 6.24. The number of benzene rings is 3. The second-order valence-electron chi connectivity index (χ2n) is 5.86. The van der Waals surface area contributed by atoms with E-state index in [1.54, 1.807) is 0 Å². The second-order valence-corrected chi connectivity index (χ2v) is 6.26. The van der Waals surface area contributed by atoms with Crippen molar-refractivity contribution in [1.29, 1.82) is 0 Å². The highest BCUT2D eigenvalue weighted by Crippen LogP contribution is 2.27. The number of anilines is 3. The van der Waals surface area contributed by atoms with Gasteiger partial charge in [-0.3, -0.25) is 0 Å². The molecule has 0 radical (unpaired) electrons. The van der Waals surface area contributed by atoms with Gasteiger partial charge in [0.15, 0.2) is 0 Å². The normalized spacial score (nSPS) is 10.3. The van der Waals surface area contributed by atoms with Crippen LogP contribution in [-0.4, -0.2) is 9.97 Å². The summed E-state index contributed by atoms with van der Waals surface area (Å²) in [6, 6.07) is 25.7. The molecule has 1 aromatic heterocycles. The van der Waals surface area contributed by atoms with E-state index in [2.05, 4.69) is 32.7 Å². The molecule has 0 aliphatic carbocycles. The maximum atomic E-state index is 6.24. The molecule has 6 heteroatoms. The Morgan fingerprint density at radius 2 is 1.48 bits per heavy atom. The van der Waals surface area contributed by atoms with Gasteiger partial charge in [0, 0.05) is 11.9 Å². The number of rotatable bonds is 5. The van der Waals surface area contributed by atoms with Gasteiger partial charge in [-0.2, -0.15) is 4.98 Å². The van der Waals surface area contributed by atoms with Crippen LogP contribution in [0.25, 0.3) is 10.9 Å². The Morgan fingerprint density at radius 3 is 2.30 bits per heavy atom. The van der Waals surface area contributed by atoms with Crippen LogP contribution >= 0.6 is 24.0 Å². The Labute approximate surface area is 169 Å². The molecule has 0 fully saturated rings. The summed E-state index contributed by atoms with van der Waals surface area (Å²) in [5.74, 6) is 1.29. The van der Waals surface area contributed by atoms with E-state index in [1.165, 1.54) is 5.56 Å². The Morgan fingerprint density at radius 1 is 0.778 bits per heavy atom. The second kappa shape index (κ2) is 8.71. The van der Waals surface area contributed by atoms with E-state index in [1.807, 2.05) is 66.7 Å². The topological polar surface area (TPSA) is 49.8 Å². The van der Waals surface area contributed by atoms with Crippen LogP contribution < -0.4 is 10.6 Å². The summed E-state index contributed by atoms with van der Waals surface area (Å²) in [4.78, 5) is 9.27. The minimum atomic E-state index is 0. The van der Waals surface area contributed by atoms with Crippen LogP contribution in [0.2, 0.25) is 5.02 Å². The fourth-order valence-corrected chi connectivity index (χ4v) is 2.91. The Bertz CT molecular complexity index is 1040. The maximum Gasteiger partial charge on any atom is 0.229 e. The molecule has 0 amide bonds. The largest absolute Gasteiger partial charge is 0.365 e. The fourth-order valence-electron chi connectivity index (χ4n) is 2.73. The number of nitrogens with one attached hydrogen (secondary N) is 2. The third-order valence-corrected chi connectivity index (χ3v) is 4.36. The zero-order valence-corrected chi connectivity index (χ0v) is 16.0. The number of aromatic nitrogens is 2. The highest BCUT2D eigenvalue weighted by Gasteiger charge is 2.09. The number of halogens is 2. The van der Waals surface area contributed by atoms with Crippen molar-refractivity contribution in [2.24, 2.45) is 0 Å². The van der Waals surface area contributed by atoms with E-state index in [0.29, 0.717) is 17.5 Å². The van der Waals surface area contributed by atoms with Gasteiger partial charge in [-0.15, -0.1) is 12.4 Å². The van der Waals surface area contributed by atoms with Gasteiger partial charge in [0.05, 0.1) is 16.2 Å². The van der Waals surface area contributed by atoms with E-state index >= 15 is 0 Å². The third kappa shape index (κ3) is 4.48. The number of hydrogen-bond acceptors (Lipinski definition) is 4. The maximum absolute atomic E-state index is 6.24. The van der Waals surface area contributed by atoms with Crippen molar-refractivity contribution in [2.45, 2.75) is 6.54 Å². The molecule has 0 saturated carbocycles. The number of para-hydroxylation sites is 2. The fraction of sp³-hybridized carbons (Fsp3) is 0.0476. The average Bonchev–Trinajstić information content (AvgIpc) is 2.69. The first-order valence-corrected chi connectivity index (χ1v) is 8.73. The quantitative estimate of drug-likeness (QED) is 0.430. The van der Waals surface area contributed by atoms with Gasteiger partial charge in [0.2, 0.25) is 5.95 Å². The van der Waals surface area contributed by atoms with Crippen molar-refractivity contribution in [3.05, 3.63) is 89.4 Å². The van der Waals surface area contributed by atoms with E-state index in [4.69, 9.17) is 11.6 Å². The molecular formula is C21H18Cl2N4. The summed E-state index contributed by atoms with van der Waals surface area (Å²) in [6.07, 6.45) is 0. The van der Waals surface area contributed by atoms with Gasteiger partial charge in [-0.1, -0.05) is 66.2 Å². The molecular weight excluding hydrogens is 379 g/mol. The number of fused-ring (bicyclic) bond motifs is 1. The average molecular weight is 397 g/mol. The van der Waals surface area contributed by atoms with E-state index in [9.17, 15) is 0 Å². The lowest BCUT2D eigenvalue weighted by Crippen LogP contribution is -2.05. The molecule has 27 heavy (non-hydrogen) atoms. The number of nitrogens with zero attached hydrogens (tertiary/aromatic N) is 2. The van der Waals surface area contributed by atoms with Crippen molar-refractivity contribution in [1.82, 2.24) is 9.97 Å². The summed E-state index contributed by atoms with van der Waals surface area (Å²) in [7, 11) is 0. The summed E-state index contributed by atoms with van der Waals surface area (Å²) in [6.45, 7) is 0.688. The van der Waals surface area contributed by atoms with E-state index in [-0.39, 0.29) is 12.4 Å². The van der Waals surface area contributed by atoms with Gasteiger partial charge in [-0.05, 0) is 29.8 Å². The zero-order chi connectivity index (χ0) is 17.8. The van der Waals surface area contributed by atoms with Crippen LogP contribution in [0.1, 0.15) is 5.56 Å². The van der Waals surface area contributed by atoms with Crippen molar-refractivity contribution in [3.63, 3.8) is 0 Å². The monoisotopic (exact) mass is 396 g/mol. The van der Waals surface area contributed by atoms with Crippen LogP contribution in [0.3, 0.4) is 0 Å². The molecule has 0 atom stereocenters. The van der Waals surface area contributed by atoms with E-state index in [0.717, 1.165) is 22.4 Å². The van der Waals surface area contributed by atoms with Crippen LogP contribution in [0.15, 0.2) is 78.9 Å². The molecule has 0 bridgehead atoms. The first kappa shape index (κ1) is 19.0. The van der Waals surface area contributed by atoms with Gasteiger partial charge >= 0.3 is 0 Å². The van der Waals surface area contributed by atoms with Crippen molar-refractivity contribution in [2.75, 3.05) is 10.6 Å². The molecule has 4 nitrogen and oxygen atoms in total. The first-order valence-electron chi connectivity index (χ1n) is 8.36. The Hall–Kier alpha value is -2.82. The molecule has 0 aliphatic heterocycles. The van der Waals surface area contributed by atoms with Crippen LogP contribution in [0.4, 0.5) is 17.5 Å². The summed E-state index contributed by atoms with van der Waals surface area (Å²) in [5, 5.41) is 8.24. The SMILES string of the molecule is Cl.Clc1ccccc1Nc1nc(NCc2ccccc2)c2ccccc2n1. The molecule has 0 unspecified atom stereocenters. The van der Waals surface area contributed by atoms with Crippen LogP contribution in [0.5, 0.6) is 0 Å². The lowest BCUT2D eigenvalue weighted by molar-refractivity contribution is 1.10. The summed E-state index contributed by atoms with van der Waals surface area (Å²) < 4.78 is 0. The molecule has 4 aromatic rings. The molecule has 4 rings (SSSR count). The minimum Gasteiger partial charge on any atom is -0.365 e. The highest BCUT2D eigenvalue weighted by molar-refractivity contribution is 6.33.